The number of hydrogen-bond acceptors (Lipinski definition) is 4. The van der Waals surface area contributed by atoms with Crippen LogP contribution in [0.25, 0.3) is 0 Å². The van der Waals surface area contributed by atoms with E-state index in [1.165, 1.54) is 19.1 Å². The number of amides is 2. The van der Waals surface area contributed by atoms with Gasteiger partial charge in [-0.05, 0) is 30.7 Å². The highest BCUT2D eigenvalue weighted by Crippen LogP contribution is 2.24. The van der Waals surface area contributed by atoms with E-state index in [1.807, 2.05) is 30.3 Å². The average Bonchev–Trinajstić information content (AvgIpc) is 3.02. The summed E-state index contributed by atoms with van der Waals surface area (Å²) < 4.78 is 5.28. The van der Waals surface area contributed by atoms with Gasteiger partial charge in [0, 0.05) is 35.2 Å². The van der Waals surface area contributed by atoms with Gasteiger partial charge in [-0.25, -0.2) is 0 Å². The first-order valence-electron chi connectivity index (χ1n) is 9.11. The minimum absolute atomic E-state index is 0.0733. The molecule has 1 aliphatic rings. The van der Waals surface area contributed by atoms with Crippen LogP contribution in [0.4, 0.5) is 5.69 Å². The van der Waals surface area contributed by atoms with Crippen molar-refractivity contribution in [2.75, 3.05) is 11.9 Å². The molecule has 0 spiro atoms. The molecule has 0 aliphatic carbocycles. The number of halogens is 2. The summed E-state index contributed by atoms with van der Waals surface area (Å²) in [6.07, 6.45) is -0.956. The van der Waals surface area contributed by atoms with Crippen LogP contribution in [-0.2, 0) is 25.7 Å². The molecule has 1 fully saturated rings. The summed E-state index contributed by atoms with van der Waals surface area (Å²) in [5.41, 5.74) is 1.39. The van der Waals surface area contributed by atoms with Crippen LogP contribution in [0.2, 0.25) is 10.0 Å². The minimum Gasteiger partial charge on any atom is -0.452 e. The summed E-state index contributed by atoms with van der Waals surface area (Å²) in [4.78, 5) is 38.6. The van der Waals surface area contributed by atoms with Gasteiger partial charge in [0.1, 0.15) is 0 Å². The molecule has 1 aliphatic heterocycles. The van der Waals surface area contributed by atoms with Gasteiger partial charge in [-0.2, -0.15) is 0 Å². The van der Waals surface area contributed by atoms with Crippen molar-refractivity contribution in [3.05, 3.63) is 64.1 Å². The maximum absolute atomic E-state index is 12.4. The second-order valence-electron chi connectivity index (χ2n) is 6.89. The highest BCUT2D eigenvalue weighted by atomic mass is 35.5. The van der Waals surface area contributed by atoms with Gasteiger partial charge >= 0.3 is 5.97 Å². The molecule has 2 aromatic carbocycles. The van der Waals surface area contributed by atoms with Crippen LogP contribution in [-0.4, -0.2) is 35.3 Å². The van der Waals surface area contributed by atoms with Crippen molar-refractivity contribution in [2.45, 2.75) is 26.0 Å². The fraction of sp³-hybridized carbons (Fsp3) is 0.286. The minimum atomic E-state index is -1.03. The number of anilines is 1. The number of rotatable bonds is 6. The van der Waals surface area contributed by atoms with E-state index in [0.717, 1.165) is 5.56 Å². The first-order valence-corrected chi connectivity index (χ1v) is 9.86. The number of nitrogens with one attached hydrogen (secondary N) is 1. The van der Waals surface area contributed by atoms with Crippen LogP contribution >= 0.6 is 23.2 Å². The van der Waals surface area contributed by atoms with Gasteiger partial charge in [0.2, 0.25) is 5.91 Å². The maximum atomic E-state index is 12.4. The summed E-state index contributed by atoms with van der Waals surface area (Å²) in [5, 5.41) is 3.36. The standard InChI is InChI=1S/C21H20Cl2N2O4/c1-13(20(27)24-18-9-16(22)8-17(23)10-18)29-21(28)15-7-19(26)25(12-15)11-14-5-3-2-4-6-14/h2-6,8-10,13,15H,7,11-12H2,1H3,(H,24,27). The van der Waals surface area contributed by atoms with E-state index in [2.05, 4.69) is 5.32 Å². The van der Waals surface area contributed by atoms with Crippen molar-refractivity contribution in [3.63, 3.8) is 0 Å². The molecule has 6 nitrogen and oxygen atoms in total. The first-order chi connectivity index (χ1) is 13.8. The Balaban J connectivity index is 1.54. The predicted octanol–water partition coefficient (Wildman–Crippen LogP) is 3.91. The van der Waals surface area contributed by atoms with Crippen molar-refractivity contribution in [1.82, 2.24) is 4.90 Å². The van der Waals surface area contributed by atoms with Crippen molar-refractivity contribution >= 4 is 46.7 Å². The number of benzene rings is 2. The lowest BCUT2D eigenvalue weighted by Crippen LogP contribution is -2.33. The van der Waals surface area contributed by atoms with Crippen LogP contribution in [0, 0.1) is 5.92 Å². The van der Waals surface area contributed by atoms with Gasteiger partial charge < -0.3 is 15.0 Å². The third-order valence-electron chi connectivity index (χ3n) is 4.56. The fourth-order valence-corrected chi connectivity index (χ4v) is 3.61. The topological polar surface area (TPSA) is 75.7 Å². The third kappa shape index (κ3) is 5.71. The normalized spacial score (nSPS) is 17.1. The molecule has 2 aromatic rings. The van der Waals surface area contributed by atoms with Crippen LogP contribution in [0.15, 0.2) is 48.5 Å². The molecule has 2 amide bonds. The zero-order valence-corrected chi connectivity index (χ0v) is 17.2. The highest BCUT2D eigenvalue weighted by molar-refractivity contribution is 6.35. The first kappa shape index (κ1) is 21.1. The second-order valence-corrected chi connectivity index (χ2v) is 7.76. The van der Waals surface area contributed by atoms with Crippen molar-refractivity contribution in [1.29, 1.82) is 0 Å². The van der Waals surface area contributed by atoms with Crippen LogP contribution in [0.3, 0.4) is 0 Å². The molecule has 1 N–H and O–H groups in total. The van der Waals surface area contributed by atoms with Crippen molar-refractivity contribution in [2.24, 2.45) is 5.92 Å². The molecule has 1 saturated heterocycles. The van der Waals surface area contributed by atoms with Gasteiger partial charge in [0.15, 0.2) is 6.10 Å². The molecule has 2 unspecified atom stereocenters. The Bertz CT molecular complexity index is 900. The number of hydrogen-bond donors (Lipinski definition) is 1. The van der Waals surface area contributed by atoms with Crippen molar-refractivity contribution in [3.8, 4) is 0 Å². The van der Waals surface area contributed by atoms with E-state index < -0.39 is 23.9 Å². The zero-order valence-electron chi connectivity index (χ0n) is 15.7. The van der Waals surface area contributed by atoms with Gasteiger partial charge in [0.25, 0.3) is 5.91 Å². The number of likely N-dealkylation sites (tertiary alicyclic amines) is 1. The van der Waals surface area contributed by atoms with E-state index in [0.29, 0.717) is 22.3 Å². The molecule has 0 bridgehead atoms. The van der Waals surface area contributed by atoms with Gasteiger partial charge in [-0.1, -0.05) is 53.5 Å². The van der Waals surface area contributed by atoms with E-state index >= 15 is 0 Å². The van der Waals surface area contributed by atoms with E-state index in [1.54, 1.807) is 11.0 Å². The largest absolute Gasteiger partial charge is 0.452 e. The predicted molar refractivity (Wildman–Crippen MR) is 111 cm³/mol. The lowest BCUT2D eigenvalue weighted by Gasteiger charge is -2.18. The molecule has 29 heavy (non-hydrogen) atoms. The fourth-order valence-electron chi connectivity index (χ4n) is 3.08. The molecule has 0 aromatic heterocycles. The number of carbonyl (C=O) groups is 3. The second kappa shape index (κ2) is 9.29. The summed E-state index contributed by atoms with van der Waals surface area (Å²) in [7, 11) is 0. The van der Waals surface area contributed by atoms with Gasteiger partial charge in [-0.3, -0.25) is 14.4 Å². The Morgan fingerprint density at radius 1 is 1.17 bits per heavy atom. The van der Waals surface area contributed by atoms with E-state index in [-0.39, 0.29) is 18.9 Å². The Morgan fingerprint density at radius 2 is 1.83 bits per heavy atom. The number of ether oxygens (including phenoxy) is 1. The molecule has 152 valence electrons. The van der Waals surface area contributed by atoms with E-state index in [9.17, 15) is 14.4 Å². The Labute approximate surface area is 178 Å². The summed E-state index contributed by atoms with van der Waals surface area (Å²) in [6, 6.07) is 14.2. The van der Waals surface area contributed by atoms with Crippen molar-refractivity contribution < 1.29 is 19.1 Å². The van der Waals surface area contributed by atoms with Crippen LogP contribution in [0.5, 0.6) is 0 Å². The highest BCUT2D eigenvalue weighted by Gasteiger charge is 2.36. The summed E-state index contributed by atoms with van der Waals surface area (Å²) in [5.74, 6) is -1.79. The lowest BCUT2D eigenvalue weighted by molar-refractivity contribution is -0.157. The Hall–Kier alpha value is -2.57. The van der Waals surface area contributed by atoms with Crippen LogP contribution in [0.1, 0.15) is 18.9 Å². The van der Waals surface area contributed by atoms with Gasteiger partial charge in [0.05, 0.1) is 5.92 Å². The molecule has 1 heterocycles. The third-order valence-corrected chi connectivity index (χ3v) is 4.99. The number of carbonyl (C=O) groups excluding carboxylic acids is 3. The maximum Gasteiger partial charge on any atom is 0.312 e. The molecule has 3 rings (SSSR count). The Kier molecular flexibility index (Phi) is 6.77. The zero-order chi connectivity index (χ0) is 21.0. The summed E-state index contributed by atoms with van der Waals surface area (Å²) in [6.45, 7) is 2.18. The quantitative estimate of drug-likeness (QED) is 0.699. The van der Waals surface area contributed by atoms with Gasteiger partial charge in [-0.15, -0.1) is 0 Å². The molecular formula is C21H20Cl2N2O4. The molecule has 0 radical (unpaired) electrons. The molecular weight excluding hydrogens is 415 g/mol. The monoisotopic (exact) mass is 434 g/mol. The van der Waals surface area contributed by atoms with E-state index in [4.69, 9.17) is 27.9 Å². The molecule has 2 atom stereocenters. The number of nitrogens with zero attached hydrogens (tertiary/aromatic N) is 1. The molecule has 8 heteroatoms. The van der Waals surface area contributed by atoms with Crippen LogP contribution < -0.4 is 5.32 Å². The SMILES string of the molecule is CC(OC(=O)C1CC(=O)N(Cc2ccccc2)C1)C(=O)Nc1cc(Cl)cc(Cl)c1. The lowest BCUT2D eigenvalue weighted by atomic mass is 10.1. The average molecular weight is 435 g/mol. The Morgan fingerprint density at radius 3 is 2.48 bits per heavy atom. The molecule has 0 saturated carbocycles. The summed E-state index contributed by atoms with van der Waals surface area (Å²) >= 11 is 11.8. The smallest absolute Gasteiger partial charge is 0.312 e. The number of esters is 1.